The number of aliphatic hydroxyl groups excluding tert-OH is 1. The van der Waals surface area contributed by atoms with Crippen LogP contribution in [0, 0.1) is 0 Å². The van der Waals surface area contributed by atoms with Gasteiger partial charge in [-0.25, -0.2) is 4.79 Å². The number of halogens is 6. The lowest BCUT2D eigenvalue weighted by Gasteiger charge is -2.14. The van der Waals surface area contributed by atoms with Gasteiger partial charge in [0, 0.05) is 6.04 Å². The van der Waals surface area contributed by atoms with E-state index in [1.165, 1.54) is 13.8 Å². The van der Waals surface area contributed by atoms with Gasteiger partial charge in [-0.05, 0) is 13.8 Å². The van der Waals surface area contributed by atoms with Crippen molar-refractivity contribution in [1.82, 2.24) is 5.32 Å². The van der Waals surface area contributed by atoms with E-state index in [0.29, 0.717) is 0 Å². The number of carbonyl (C=O) groups excluding carboxylic acids is 2. The molecule has 0 spiro atoms. The van der Waals surface area contributed by atoms with Crippen LogP contribution in [0.5, 0.6) is 0 Å². The van der Waals surface area contributed by atoms with Crippen LogP contribution in [-0.2, 0) is 19.1 Å². The molecule has 0 aliphatic rings. The highest BCUT2D eigenvalue weighted by Crippen LogP contribution is 2.19. The van der Waals surface area contributed by atoms with Gasteiger partial charge in [0.2, 0.25) is 5.57 Å². The van der Waals surface area contributed by atoms with Crippen molar-refractivity contribution in [1.29, 1.82) is 0 Å². The number of aliphatic hydroxyl groups is 1. The van der Waals surface area contributed by atoms with Crippen LogP contribution in [0.4, 0.5) is 26.3 Å². The number of nitrogens with one attached hydrogen (secondary N) is 1. The van der Waals surface area contributed by atoms with E-state index in [9.17, 15) is 41.0 Å². The highest BCUT2D eigenvalue weighted by atomic mass is 19.4. The van der Waals surface area contributed by atoms with Gasteiger partial charge in [0.05, 0.1) is 0 Å². The predicted octanol–water partition coefficient (Wildman–Crippen LogP) is 1.97. The van der Waals surface area contributed by atoms with Crippen LogP contribution >= 0.6 is 0 Å². The summed E-state index contributed by atoms with van der Waals surface area (Å²) in [5.74, 6) is -5.24. The van der Waals surface area contributed by atoms with Crippen molar-refractivity contribution >= 4 is 11.9 Å². The van der Waals surface area contributed by atoms with Crippen molar-refractivity contribution in [3.63, 3.8) is 0 Å². The van der Waals surface area contributed by atoms with Crippen LogP contribution in [0.15, 0.2) is 11.5 Å². The molecule has 0 aliphatic carbocycles. The first kappa shape index (κ1) is 20.9. The molecule has 1 amide bonds. The van der Waals surface area contributed by atoms with Gasteiger partial charge in [-0.2, -0.15) is 26.3 Å². The molecule has 0 bridgehead atoms. The maximum absolute atomic E-state index is 12.0. The van der Waals surface area contributed by atoms with E-state index in [-0.39, 0.29) is 0 Å². The molecule has 2 N–H and O–H groups in total. The molecule has 0 atom stereocenters. The van der Waals surface area contributed by atoms with Gasteiger partial charge in [-0.15, -0.1) is 0 Å². The Morgan fingerprint density at radius 1 is 1.00 bits per heavy atom. The molecule has 134 valence electrons. The van der Waals surface area contributed by atoms with Crippen molar-refractivity contribution in [2.75, 3.05) is 13.2 Å². The Morgan fingerprint density at radius 2 is 1.43 bits per heavy atom. The lowest BCUT2D eigenvalue weighted by molar-refractivity contribution is -0.185. The SMILES string of the molecule is CC(C)NC(=O)/C(C(=O)OCC(F)(F)F)=C(/O)OCC(F)(F)F. The molecule has 0 aliphatic heterocycles. The zero-order valence-corrected chi connectivity index (χ0v) is 11.8. The zero-order valence-electron chi connectivity index (χ0n) is 11.8. The summed E-state index contributed by atoms with van der Waals surface area (Å²) >= 11 is 0. The van der Waals surface area contributed by atoms with Crippen molar-refractivity contribution in [2.45, 2.75) is 32.2 Å². The topological polar surface area (TPSA) is 84.9 Å². The summed E-state index contributed by atoms with van der Waals surface area (Å²) in [7, 11) is 0. The highest BCUT2D eigenvalue weighted by Gasteiger charge is 2.35. The van der Waals surface area contributed by atoms with Gasteiger partial charge in [0.15, 0.2) is 13.2 Å². The van der Waals surface area contributed by atoms with Gasteiger partial charge in [-0.1, -0.05) is 0 Å². The van der Waals surface area contributed by atoms with Crippen LogP contribution in [0.25, 0.3) is 0 Å². The van der Waals surface area contributed by atoms with Crippen LogP contribution < -0.4 is 5.32 Å². The van der Waals surface area contributed by atoms with E-state index in [1.807, 2.05) is 5.32 Å². The van der Waals surface area contributed by atoms with Crippen LogP contribution in [0.3, 0.4) is 0 Å². The van der Waals surface area contributed by atoms with E-state index in [4.69, 9.17) is 0 Å². The van der Waals surface area contributed by atoms with E-state index >= 15 is 0 Å². The van der Waals surface area contributed by atoms with Gasteiger partial charge in [-0.3, -0.25) is 4.79 Å². The molecular formula is C11H13F6NO5. The van der Waals surface area contributed by atoms with E-state index in [2.05, 4.69) is 9.47 Å². The second-order valence-corrected chi connectivity index (χ2v) is 4.40. The Labute approximate surface area is 126 Å². The number of hydrogen-bond acceptors (Lipinski definition) is 5. The molecule has 0 heterocycles. The molecule has 0 unspecified atom stereocenters. The monoisotopic (exact) mass is 353 g/mol. The molecule has 0 rings (SSSR count). The number of esters is 1. The number of carbonyl (C=O) groups is 2. The van der Waals surface area contributed by atoms with Gasteiger partial charge in [0.25, 0.3) is 11.9 Å². The standard InChI is InChI=1S/C11H13F6NO5/c1-5(2)18-7(19)6(8(20)22-3-10(12,13)14)9(21)23-4-11(15,16)17/h5,20H,3-4H2,1-2H3,(H,18,19)/b8-6+. The third kappa shape index (κ3) is 9.47. The average molecular weight is 353 g/mol. The summed E-state index contributed by atoms with van der Waals surface area (Å²) in [6, 6.07) is -0.636. The normalized spacial score (nSPS) is 13.4. The van der Waals surface area contributed by atoms with Gasteiger partial charge >= 0.3 is 18.3 Å². The molecule has 0 aromatic carbocycles. The van der Waals surface area contributed by atoms with Crippen LogP contribution in [0.2, 0.25) is 0 Å². The third-order valence-corrected chi connectivity index (χ3v) is 1.80. The highest BCUT2D eigenvalue weighted by molar-refractivity contribution is 6.16. The van der Waals surface area contributed by atoms with Crippen molar-refractivity contribution in [2.24, 2.45) is 0 Å². The van der Waals surface area contributed by atoms with E-state index in [0.717, 1.165) is 0 Å². The number of alkyl halides is 6. The Balaban J connectivity index is 5.29. The van der Waals surface area contributed by atoms with Crippen molar-refractivity contribution in [3.05, 3.63) is 11.5 Å². The fourth-order valence-corrected chi connectivity index (χ4v) is 1.05. The summed E-state index contributed by atoms with van der Waals surface area (Å²) in [5.41, 5.74) is -1.51. The Kier molecular flexibility index (Phi) is 7.19. The van der Waals surface area contributed by atoms with E-state index < -0.39 is 55.0 Å². The maximum atomic E-state index is 12.0. The molecule has 23 heavy (non-hydrogen) atoms. The average Bonchev–Trinajstić information content (AvgIpc) is 2.31. The summed E-state index contributed by atoms with van der Waals surface area (Å²) in [5, 5.41) is 11.3. The summed E-state index contributed by atoms with van der Waals surface area (Å²) < 4.78 is 79.3. The predicted molar refractivity (Wildman–Crippen MR) is 62.0 cm³/mol. The van der Waals surface area contributed by atoms with Gasteiger partial charge < -0.3 is 19.9 Å². The minimum absolute atomic E-state index is 0.636. The maximum Gasteiger partial charge on any atom is 0.422 e. The van der Waals surface area contributed by atoms with Crippen LogP contribution in [-0.4, -0.2) is 48.6 Å². The number of amides is 1. The summed E-state index contributed by atoms with van der Waals surface area (Å²) in [6.45, 7) is -1.38. The smallest absolute Gasteiger partial charge is 0.422 e. The fourth-order valence-electron chi connectivity index (χ4n) is 1.05. The molecular weight excluding hydrogens is 340 g/mol. The molecule has 0 saturated heterocycles. The molecule has 0 radical (unpaired) electrons. The first-order valence-electron chi connectivity index (χ1n) is 5.90. The van der Waals surface area contributed by atoms with Gasteiger partial charge in [0.1, 0.15) is 0 Å². The van der Waals surface area contributed by atoms with Crippen molar-refractivity contribution in [3.8, 4) is 0 Å². The Hall–Kier alpha value is -2.14. The third-order valence-electron chi connectivity index (χ3n) is 1.80. The van der Waals surface area contributed by atoms with Crippen LogP contribution in [0.1, 0.15) is 13.8 Å². The fraction of sp³-hybridized carbons (Fsp3) is 0.636. The van der Waals surface area contributed by atoms with E-state index in [1.54, 1.807) is 0 Å². The Morgan fingerprint density at radius 3 is 1.83 bits per heavy atom. The quantitative estimate of drug-likeness (QED) is 0.190. The minimum Gasteiger partial charge on any atom is -0.480 e. The molecule has 0 aromatic heterocycles. The first-order chi connectivity index (χ1) is 10.2. The number of rotatable bonds is 6. The Bertz CT molecular complexity index is 469. The lowest BCUT2D eigenvalue weighted by Crippen LogP contribution is -2.36. The van der Waals surface area contributed by atoms with Crippen molar-refractivity contribution < 1.29 is 50.5 Å². The summed E-state index contributed by atoms with van der Waals surface area (Å²) in [6.07, 6.45) is -9.85. The molecule has 12 heteroatoms. The molecule has 6 nitrogen and oxygen atoms in total. The largest absolute Gasteiger partial charge is 0.480 e. The lowest BCUT2D eigenvalue weighted by atomic mass is 10.2. The minimum atomic E-state index is -4.93. The number of ether oxygens (including phenoxy) is 2. The second-order valence-electron chi connectivity index (χ2n) is 4.40. The molecule has 0 saturated carbocycles. The zero-order chi connectivity index (χ0) is 18.4. The number of hydrogen-bond donors (Lipinski definition) is 2. The summed E-state index contributed by atoms with van der Waals surface area (Å²) in [4.78, 5) is 23.0. The second kappa shape index (κ2) is 7.92. The first-order valence-corrected chi connectivity index (χ1v) is 5.90. The molecule has 0 aromatic rings. The molecule has 0 fully saturated rings.